The molecule has 8 nitrogen and oxygen atoms in total. The number of halogens is 3. The minimum Gasteiger partial charge on any atom is -0.272 e. The number of hydrogen-bond donors (Lipinski definition) is 0. The number of amides is 3. The first-order valence-corrected chi connectivity index (χ1v) is 12.9. The van der Waals surface area contributed by atoms with Crippen molar-refractivity contribution in [3.63, 3.8) is 0 Å². The van der Waals surface area contributed by atoms with Crippen LogP contribution in [0.25, 0.3) is 0 Å². The van der Waals surface area contributed by atoms with Gasteiger partial charge in [0.1, 0.15) is 0 Å². The van der Waals surface area contributed by atoms with Gasteiger partial charge in [0.15, 0.2) is 0 Å². The zero-order valence-electron chi connectivity index (χ0n) is 17.5. The van der Waals surface area contributed by atoms with E-state index in [9.17, 15) is 24.5 Å². The third-order valence-corrected chi connectivity index (χ3v) is 10.5. The molecule has 0 unspecified atom stereocenters. The predicted molar refractivity (Wildman–Crippen MR) is 130 cm³/mol. The van der Waals surface area contributed by atoms with Crippen molar-refractivity contribution >= 4 is 66.9 Å². The number of nitro groups is 1. The molecule has 3 fully saturated rings. The summed E-state index contributed by atoms with van der Waals surface area (Å²) in [4.78, 5) is 51.9. The van der Waals surface area contributed by atoms with Gasteiger partial charge in [-0.15, -0.1) is 0 Å². The number of fused-ring (bicyclic) bond motifs is 5. The molecule has 3 aliphatic rings. The molecule has 34 heavy (non-hydrogen) atoms. The summed E-state index contributed by atoms with van der Waals surface area (Å²) < 4.78 is 0. The molecule has 0 spiro atoms. The molecule has 2 aromatic carbocycles. The van der Waals surface area contributed by atoms with Gasteiger partial charge in [0.2, 0.25) is 0 Å². The van der Waals surface area contributed by atoms with E-state index in [0.717, 1.165) is 16.4 Å². The average molecular weight is 612 g/mol. The summed E-state index contributed by atoms with van der Waals surface area (Å²) in [7, 11) is 0. The molecule has 1 saturated heterocycles. The van der Waals surface area contributed by atoms with E-state index in [-0.39, 0.29) is 44.8 Å². The molecule has 1 aliphatic heterocycles. The number of nitro benzene ring substituents is 1. The molecule has 3 amide bonds. The highest BCUT2D eigenvalue weighted by atomic mass is 79.9. The number of hydrogen-bond acceptors (Lipinski definition) is 5. The molecule has 0 N–H and O–H groups in total. The van der Waals surface area contributed by atoms with Crippen molar-refractivity contribution in [2.75, 3.05) is 0 Å². The Morgan fingerprint density at radius 3 is 2.15 bits per heavy atom. The molecule has 0 radical (unpaired) electrons. The van der Waals surface area contributed by atoms with Gasteiger partial charge in [-0.3, -0.25) is 24.5 Å². The molecule has 11 heteroatoms. The minimum absolute atomic E-state index is 0.0284. The first kappa shape index (κ1) is 23.4. The van der Waals surface area contributed by atoms with E-state index >= 15 is 0 Å². The van der Waals surface area contributed by atoms with Crippen molar-refractivity contribution in [1.29, 1.82) is 0 Å². The molecule has 2 aliphatic carbocycles. The van der Waals surface area contributed by atoms with Crippen LogP contribution in [-0.2, 0) is 16.1 Å². The van der Waals surface area contributed by atoms with Crippen LogP contribution in [0.15, 0.2) is 48.5 Å². The van der Waals surface area contributed by atoms with Crippen molar-refractivity contribution in [3.05, 3.63) is 74.8 Å². The number of para-hydroxylation sites is 1. The average Bonchev–Trinajstić information content (AvgIpc) is 3.43. The highest BCUT2D eigenvalue weighted by Crippen LogP contribution is 2.60. The van der Waals surface area contributed by atoms with Crippen LogP contribution in [0.3, 0.4) is 0 Å². The van der Waals surface area contributed by atoms with E-state index in [1.165, 1.54) is 42.5 Å². The third kappa shape index (κ3) is 3.58. The van der Waals surface area contributed by atoms with Gasteiger partial charge in [0, 0.05) is 26.3 Å². The van der Waals surface area contributed by atoms with E-state index in [1.54, 1.807) is 6.07 Å². The molecule has 2 saturated carbocycles. The zero-order valence-corrected chi connectivity index (χ0v) is 21.4. The lowest BCUT2D eigenvalue weighted by Crippen LogP contribution is -2.50. The van der Waals surface area contributed by atoms with Crippen molar-refractivity contribution in [1.82, 2.24) is 10.0 Å². The van der Waals surface area contributed by atoms with E-state index in [1.807, 2.05) is 0 Å². The summed E-state index contributed by atoms with van der Waals surface area (Å²) in [6, 6.07) is 12.0. The monoisotopic (exact) mass is 609 g/mol. The van der Waals surface area contributed by atoms with Crippen molar-refractivity contribution in [2.45, 2.75) is 22.6 Å². The number of hydrazine groups is 1. The first-order chi connectivity index (χ1) is 16.2. The second-order valence-corrected chi connectivity index (χ2v) is 11.3. The Morgan fingerprint density at radius 2 is 1.59 bits per heavy atom. The van der Waals surface area contributed by atoms with Crippen LogP contribution < -0.4 is 0 Å². The number of alkyl halides is 2. The second-order valence-electron chi connectivity index (χ2n) is 8.75. The smallest absolute Gasteiger partial charge is 0.272 e. The van der Waals surface area contributed by atoms with Gasteiger partial charge in [0.05, 0.1) is 28.9 Å². The first-order valence-electron chi connectivity index (χ1n) is 10.7. The number of nitrogens with zero attached hydrogens (tertiary/aromatic N) is 3. The van der Waals surface area contributed by atoms with Gasteiger partial charge in [-0.05, 0) is 42.5 Å². The highest BCUT2D eigenvalue weighted by Gasteiger charge is 2.67. The maximum absolute atomic E-state index is 13.6. The van der Waals surface area contributed by atoms with Crippen LogP contribution in [0.4, 0.5) is 5.69 Å². The summed E-state index contributed by atoms with van der Waals surface area (Å²) in [5.74, 6) is -2.60. The number of carbonyl (C=O) groups is 3. The van der Waals surface area contributed by atoms with Crippen LogP contribution in [0.2, 0.25) is 5.02 Å². The van der Waals surface area contributed by atoms with Gasteiger partial charge < -0.3 is 0 Å². The van der Waals surface area contributed by atoms with Crippen LogP contribution in [0.5, 0.6) is 0 Å². The van der Waals surface area contributed by atoms with Crippen molar-refractivity contribution < 1.29 is 19.3 Å². The van der Waals surface area contributed by atoms with Gasteiger partial charge >= 0.3 is 0 Å². The second kappa shape index (κ2) is 8.73. The predicted octanol–water partition coefficient (Wildman–Crippen LogP) is 4.58. The molecule has 6 atom stereocenters. The van der Waals surface area contributed by atoms with Gasteiger partial charge in [-0.1, -0.05) is 61.7 Å². The standard InChI is InChI=1S/C23H18Br2ClN3O5/c24-19-14-9-15(20(19)25)18-17(14)22(31)28(23(18)32)27(21(30)11-5-7-13(26)8-6-11)10-12-3-1-2-4-16(12)29(33)34/h1-8,14-15,17-20H,9-10H2/t14-,15-,17-,18+,19-,20+/m1/s1. The lowest BCUT2D eigenvalue weighted by molar-refractivity contribution is -0.385. The van der Waals surface area contributed by atoms with E-state index in [4.69, 9.17) is 11.6 Å². The summed E-state index contributed by atoms with van der Waals surface area (Å²) in [6.07, 6.45) is 0.752. The minimum atomic E-state index is -0.616. The lowest BCUT2D eigenvalue weighted by Gasteiger charge is -2.31. The summed E-state index contributed by atoms with van der Waals surface area (Å²) in [5, 5.41) is 14.0. The maximum atomic E-state index is 13.6. The van der Waals surface area contributed by atoms with Crippen LogP contribution >= 0.6 is 43.5 Å². The van der Waals surface area contributed by atoms with Gasteiger partial charge in [0.25, 0.3) is 23.4 Å². The third-order valence-electron chi connectivity index (χ3n) is 7.04. The largest absolute Gasteiger partial charge is 0.274 e. The quantitative estimate of drug-likeness (QED) is 0.213. The molecule has 176 valence electrons. The molecule has 2 aromatic rings. The molecule has 2 bridgehead atoms. The summed E-state index contributed by atoms with van der Waals surface area (Å²) in [5.41, 5.74) is 0.226. The Hall–Kier alpha value is -2.30. The van der Waals surface area contributed by atoms with Gasteiger partial charge in [-0.25, -0.2) is 5.01 Å². The van der Waals surface area contributed by atoms with Gasteiger partial charge in [-0.2, -0.15) is 5.01 Å². The zero-order chi connectivity index (χ0) is 24.3. The van der Waals surface area contributed by atoms with E-state index in [2.05, 4.69) is 31.9 Å². The number of benzene rings is 2. The molecular formula is C23H18Br2ClN3O5. The van der Waals surface area contributed by atoms with Crippen LogP contribution in [0, 0.1) is 33.8 Å². The maximum Gasteiger partial charge on any atom is 0.274 e. The number of carbonyl (C=O) groups excluding carboxylic acids is 3. The van der Waals surface area contributed by atoms with Crippen molar-refractivity contribution in [3.8, 4) is 0 Å². The summed E-state index contributed by atoms with van der Waals surface area (Å²) >= 11 is 13.3. The Bertz CT molecular complexity index is 1180. The normalized spacial score (nSPS) is 29.4. The Morgan fingerprint density at radius 1 is 1.03 bits per heavy atom. The molecule has 1 heterocycles. The molecular weight excluding hydrogens is 594 g/mol. The van der Waals surface area contributed by atoms with E-state index < -0.39 is 34.5 Å². The highest BCUT2D eigenvalue weighted by molar-refractivity contribution is 9.12. The molecule has 0 aromatic heterocycles. The fourth-order valence-electron chi connectivity index (χ4n) is 5.53. The summed E-state index contributed by atoms with van der Waals surface area (Å²) in [6.45, 7) is -0.305. The topological polar surface area (TPSA) is 101 Å². The van der Waals surface area contributed by atoms with Crippen molar-refractivity contribution in [2.24, 2.45) is 23.7 Å². The lowest BCUT2D eigenvalue weighted by atomic mass is 9.81. The van der Waals surface area contributed by atoms with Crippen LogP contribution in [0.1, 0.15) is 22.3 Å². The Labute approximate surface area is 216 Å². The van der Waals surface area contributed by atoms with E-state index in [0.29, 0.717) is 5.02 Å². The molecule has 5 rings (SSSR count). The SMILES string of the molecule is O=C(c1ccc(Cl)cc1)N(Cc1ccccc1[N+](=O)[O-])N1C(=O)[C@@H]2[C@H]3C[C@@H]([C@H](Br)[C@@H]3Br)[C@@H]2C1=O. The Balaban J connectivity index is 1.56. The number of rotatable bonds is 5. The fourth-order valence-corrected chi connectivity index (χ4v) is 7.53. The van der Waals surface area contributed by atoms with Crippen LogP contribution in [-0.4, -0.2) is 42.3 Å². The Kier molecular flexibility index (Phi) is 6.02. The fraction of sp³-hybridized carbons (Fsp3) is 0.348. The number of imide groups is 1.